The average molecular weight is 287 g/mol. The lowest BCUT2D eigenvalue weighted by Gasteiger charge is -2.17. The summed E-state index contributed by atoms with van der Waals surface area (Å²) in [5, 5.41) is 20.5. The molecule has 0 spiro atoms. The lowest BCUT2D eigenvalue weighted by Crippen LogP contribution is -2.41. The van der Waals surface area contributed by atoms with Crippen LogP contribution in [0.15, 0.2) is 0 Å². The van der Waals surface area contributed by atoms with Crippen molar-refractivity contribution in [1.29, 1.82) is 0 Å². The number of hydrogen-bond donors (Lipinski definition) is 3. The molecule has 0 saturated carbocycles. The Morgan fingerprint density at radius 1 is 1.11 bits per heavy atom. The van der Waals surface area contributed by atoms with E-state index in [1.165, 1.54) is 0 Å². The highest BCUT2D eigenvalue weighted by molar-refractivity contribution is 4.69. The highest BCUT2D eigenvalue weighted by Gasteiger charge is 2.37. The van der Waals surface area contributed by atoms with Gasteiger partial charge in [0, 0.05) is 19.7 Å². The van der Waals surface area contributed by atoms with Gasteiger partial charge in [-0.1, -0.05) is 26.2 Å². The van der Waals surface area contributed by atoms with Crippen LogP contribution >= 0.6 is 0 Å². The van der Waals surface area contributed by atoms with E-state index >= 15 is 0 Å². The number of unbranched alkanes of at least 4 members (excludes halogenated alkanes) is 3. The van der Waals surface area contributed by atoms with Crippen molar-refractivity contribution >= 4 is 0 Å². The molecule has 0 aromatic rings. The van der Waals surface area contributed by atoms with Gasteiger partial charge >= 0.3 is 6.18 Å². The van der Waals surface area contributed by atoms with Crippen molar-refractivity contribution < 1.29 is 28.1 Å². The Kier molecular flexibility index (Phi) is 10.2. The third kappa shape index (κ3) is 11.2. The molecule has 0 saturated heterocycles. The Hall–Kier alpha value is -0.370. The number of aliphatic hydroxyl groups excluding tert-OH is 2. The molecule has 116 valence electrons. The van der Waals surface area contributed by atoms with Gasteiger partial charge in [-0.3, -0.25) is 0 Å². The van der Waals surface area contributed by atoms with Crippen LogP contribution < -0.4 is 5.32 Å². The summed E-state index contributed by atoms with van der Waals surface area (Å²) in [6.07, 6.45) is -3.64. The second-order valence-electron chi connectivity index (χ2n) is 4.51. The van der Waals surface area contributed by atoms with Crippen molar-refractivity contribution in [2.75, 3.05) is 26.3 Å². The number of aliphatic hydroxyl groups is 2. The van der Waals surface area contributed by atoms with Crippen LogP contribution in [0, 0.1) is 0 Å². The zero-order chi connectivity index (χ0) is 14.7. The van der Waals surface area contributed by atoms with Crippen LogP contribution in [0.2, 0.25) is 0 Å². The normalized spacial score (nSPS) is 15.5. The molecule has 19 heavy (non-hydrogen) atoms. The SMILES string of the molecule is CCCCCCOCC(O)CNCC(O)C(F)(F)F. The van der Waals surface area contributed by atoms with Crippen LogP contribution in [-0.4, -0.2) is 54.9 Å². The fourth-order valence-corrected chi connectivity index (χ4v) is 1.41. The first-order chi connectivity index (χ1) is 8.88. The van der Waals surface area contributed by atoms with Crippen LogP contribution in [-0.2, 0) is 4.74 Å². The molecule has 4 nitrogen and oxygen atoms in total. The van der Waals surface area contributed by atoms with Crippen LogP contribution in [0.5, 0.6) is 0 Å². The van der Waals surface area contributed by atoms with Crippen LogP contribution in [0.1, 0.15) is 32.6 Å². The lowest BCUT2D eigenvalue weighted by molar-refractivity contribution is -0.202. The third-order valence-electron chi connectivity index (χ3n) is 2.55. The summed E-state index contributed by atoms with van der Waals surface area (Å²) < 4.78 is 41.0. The van der Waals surface area contributed by atoms with Gasteiger partial charge < -0.3 is 20.3 Å². The van der Waals surface area contributed by atoms with E-state index in [1.54, 1.807) is 0 Å². The molecular weight excluding hydrogens is 263 g/mol. The second kappa shape index (κ2) is 10.4. The number of nitrogens with one attached hydrogen (secondary N) is 1. The van der Waals surface area contributed by atoms with E-state index in [0.29, 0.717) is 6.61 Å². The Bertz CT molecular complexity index is 215. The fourth-order valence-electron chi connectivity index (χ4n) is 1.41. The quantitative estimate of drug-likeness (QED) is 0.503. The molecule has 0 fully saturated rings. The van der Waals surface area contributed by atoms with Gasteiger partial charge in [-0.05, 0) is 6.42 Å². The predicted molar refractivity (Wildman–Crippen MR) is 65.9 cm³/mol. The summed E-state index contributed by atoms with van der Waals surface area (Å²) >= 11 is 0. The standard InChI is InChI=1S/C12H24F3NO3/c1-2-3-4-5-6-19-9-10(17)7-16-8-11(18)12(13,14)15/h10-11,16-18H,2-9H2,1H3. The molecule has 0 amide bonds. The molecule has 2 unspecified atom stereocenters. The van der Waals surface area contributed by atoms with E-state index < -0.39 is 24.9 Å². The van der Waals surface area contributed by atoms with E-state index in [2.05, 4.69) is 12.2 Å². The van der Waals surface area contributed by atoms with E-state index in [9.17, 15) is 18.3 Å². The molecule has 0 aromatic heterocycles. The van der Waals surface area contributed by atoms with Gasteiger partial charge in [0.05, 0.1) is 12.7 Å². The first kappa shape index (κ1) is 18.6. The first-order valence-corrected chi connectivity index (χ1v) is 6.59. The zero-order valence-electron chi connectivity index (χ0n) is 11.2. The summed E-state index contributed by atoms with van der Waals surface area (Å²) in [5.74, 6) is 0. The highest BCUT2D eigenvalue weighted by Crippen LogP contribution is 2.19. The average Bonchev–Trinajstić information content (AvgIpc) is 2.32. The smallest absolute Gasteiger partial charge is 0.389 e. The number of alkyl halides is 3. The van der Waals surface area contributed by atoms with Crippen molar-refractivity contribution in [3.63, 3.8) is 0 Å². The summed E-state index contributed by atoms with van der Waals surface area (Å²) in [4.78, 5) is 0. The molecule has 2 atom stereocenters. The first-order valence-electron chi connectivity index (χ1n) is 6.59. The minimum Gasteiger partial charge on any atom is -0.389 e. The molecule has 0 aliphatic rings. The highest BCUT2D eigenvalue weighted by atomic mass is 19.4. The molecular formula is C12H24F3NO3. The van der Waals surface area contributed by atoms with Gasteiger partial charge in [-0.2, -0.15) is 13.2 Å². The van der Waals surface area contributed by atoms with E-state index in [4.69, 9.17) is 9.84 Å². The van der Waals surface area contributed by atoms with Crippen molar-refractivity contribution in [3.8, 4) is 0 Å². The Balaban J connectivity index is 3.42. The maximum absolute atomic E-state index is 11.9. The molecule has 0 aliphatic carbocycles. The van der Waals surface area contributed by atoms with Gasteiger partial charge in [0.1, 0.15) is 0 Å². The Morgan fingerprint density at radius 3 is 2.37 bits per heavy atom. The minimum atomic E-state index is -4.63. The van der Waals surface area contributed by atoms with E-state index in [-0.39, 0.29) is 13.2 Å². The minimum absolute atomic E-state index is 0.0396. The Labute approximate surface area is 112 Å². The largest absolute Gasteiger partial charge is 0.415 e. The predicted octanol–water partition coefficient (Wildman–Crippen LogP) is 1.46. The van der Waals surface area contributed by atoms with Crippen molar-refractivity contribution in [2.45, 2.75) is 51.0 Å². The number of hydrogen-bond acceptors (Lipinski definition) is 4. The van der Waals surface area contributed by atoms with Gasteiger partial charge in [0.25, 0.3) is 0 Å². The molecule has 0 bridgehead atoms. The number of halogens is 3. The molecule has 0 aliphatic heterocycles. The maximum atomic E-state index is 11.9. The summed E-state index contributed by atoms with van der Waals surface area (Å²) in [7, 11) is 0. The summed E-state index contributed by atoms with van der Waals surface area (Å²) in [6, 6.07) is 0. The van der Waals surface area contributed by atoms with Gasteiger partial charge in [-0.25, -0.2) is 0 Å². The third-order valence-corrected chi connectivity index (χ3v) is 2.55. The number of rotatable bonds is 11. The second-order valence-corrected chi connectivity index (χ2v) is 4.51. The van der Waals surface area contributed by atoms with Crippen molar-refractivity contribution in [2.24, 2.45) is 0 Å². The fraction of sp³-hybridized carbons (Fsp3) is 1.00. The van der Waals surface area contributed by atoms with Gasteiger partial charge in [0.2, 0.25) is 0 Å². The van der Waals surface area contributed by atoms with Crippen molar-refractivity contribution in [3.05, 3.63) is 0 Å². The van der Waals surface area contributed by atoms with Crippen LogP contribution in [0.25, 0.3) is 0 Å². The van der Waals surface area contributed by atoms with E-state index in [1.807, 2.05) is 0 Å². The summed E-state index contributed by atoms with van der Waals surface area (Å²) in [6.45, 7) is 2.06. The monoisotopic (exact) mass is 287 g/mol. The topological polar surface area (TPSA) is 61.7 Å². The van der Waals surface area contributed by atoms with E-state index in [0.717, 1.165) is 25.7 Å². The number of ether oxygens (including phenoxy) is 1. The van der Waals surface area contributed by atoms with Gasteiger partial charge in [-0.15, -0.1) is 0 Å². The van der Waals surface area contributed by atoms with Crippen LogP contribution in [0.3, 0.4) is 0 Å². The Morgan fingerprint density at radius 2 is 1.79 bits per heavy atom. The summed E-state index contributed by atoms with van der Waals surface area (Å²) in [5.41, 5.74) is 0. The zero-order valence-corrected chi connectivity index (χ0v) is 11.2. The maximum Gasteiger partial charge on any atom is 0.415 e. The molecule has 0 rings (SSSR count). The molecule has 7 heteroatoms. The lowest BCUT2D eigenvalue weighted by atomic mass is 10.2. The molecule has 0 radical (unpaired) electrons. The molecule has 3 N–H and O–H groups in total. The van der Waals surface area contributed by atoms with Crippen molar-refractivity contribution in [1.82, 2.24) is 5.32 Å². The van der Waals surface area contributed by atoms with Gasteiger partial charge in [0.15, 0.2) is 6.10 Å². The van der Waals surface area contributed by atoms with Crippen LogP contribution in [0.4, 0.5) is 13.2 Å². The molecule has 0 aromatic carbocycles. The molecule has 0 heterocycles.